The molecule has 3 nitrogen and oxygen atoms in total. The Kier molecular flexibility index (Phi) is 3.67. The maximum absolute atomic E-state index is 4.48. The Morgan fingerprint density at radius 2 is 2.00 bits per heavy atom. The van der Waals surface area contributed by atoms with Crippen LogP contribution in [0.2, 0.25) is 0 Å². The van der Waals surface area contributed by atoms with Gasteiger partial charge < -0.3 is 5.32 Å². The molecule has 1 aliphatic rings. The average molecular weight is 259 g/mol. The predicted molar refractivity (Wildman–Crippen MR) is 74.4 cm³/mol. The molecule has 1 fully saturated rings. The van der Waals surface area contributed by atoms with Crippen LogP contribution in [0.5, 0.6) is 0 Å². The number of nitrogens with one attached hydrogen (secondary N) is 1. The molecule has 3 rings (SSSR count). The molecule has 4 heteroatoms. The van der Waals surface area contributed by atoms with Crippen molar-refractivity contribution in [1.82, 2.24) is 15.3 Å². The first-order valence-corrected chi connectivity index (χ1v) is 7.32. The second-order valence-corrected chi connectivity index (χ2v) is 5.85. The molecule has 94 valence electrons. The molecule has 0 bridgehead atoms. The molecule has 1 aliphatic carbocycles. The zero-order valence-corrected chi connectivity index (χ0v) is 11.1. The van der Waals surface area contributed by atoms with E-state index in [9.17, 15) is 0 Å². The molecule has 0 unspecified atom stereocenters. The van der Waals surface area contributed by atoms with Crippen LogP contribution in [0.3, 0.4) is 0 Å². The van der Waals surface area contributed by atoms with Gasteiger partial charge in [0.2, 0.25) is 0 Å². The third-order valence-corrected chi connectivity index (χ3v) is 4.45. The second kappa shape index (κ2) is 5.59. The molecular formula is C14H17N3S. The van der Waals surface area contributed by atoms with Gasteiger partial charge in [-0.15, -0.1) is 11.3 Å². The van der Waals surface area contributed by atoms with Gasteiger partial charge in [0, 0.05) is 41.6 Å². The lowest BCUT2D eigenvalue weighted by atomic mass is 10.2. The van der Waals surface area contributed by atoms with Crippen molar-refractivity contribution < 1.29 is 0 Å². The monoisotopic (exact) mass is 259 g/mol. The molecule has 18 heavy (non-hydrogen) atoms. The third-order valence-electron chi connectivity index (χ3n) is 3.40. The third kappa shape index (κ3) is 2.76. The Morgan fingerprint density at radius 3 is 2.78 bits per heavy atom. The minimum absolute atomic E-state index is 0.719. The highest BCUT2D eigenvalue weighted by Crippen LogP contribution is 2.25. The van der Waals surface area contributed by atoms with Gasteiger partial charge in [0.05, 0.1) is 0 Å². The predicted octanol–water partition coefficient (Wildman–Crippen LogP) is 3.24. The van der Waals surface area contributed by atoms with Crippen molar-refractivity contribution in [1.29, 1.82) is 0 Å². The van der Waals surface area contributed by atoms with E-state index >= 15 is 0 Å². The van der Waals surface area contributed by atoms with Crippen LogP contribution < -0.4 is 5.32 Å². The van der Waals surface area contributed by atoms with Crippen molar-refractivity contribution >= 4 is 11.3 Å². The summed E-state index contributed by atoms with van der Waals surface area (Å²) < 4.78 is 0. The molecule has 2 aromatic heterocycles. The van der Waals surface area contributed by atoms with Gasteiger partial charge in [-0.3, -0.25) is 4.98 Å². The summed E-state index contributed by atoms with van der Waals surface area (Å²) in [4.78, 5) is 9.83. The van der Waals surface area contributed by atoms with E-state index in [4.69, 9.17) is 0 Å². The van der Waals surface area contributed by atoms with Crippen molar-refractivity contribution in [2.75, 3.05) is 0 Å². The minimum atomic E-state index is 0.719. The number of hydrogen-bond donors (Lipinski definition) is 1. The molecule has 0 amide bonds. The summed E-state index contributed by atoms with van der Waals surface area (Å²) in [5.41, 5.74) is 1.15. The summed E-state index contributed by atoms with van der Waals surface area (Å²) in [5.74, 6) is 0. The molecule has 2 heterocycles. The highest BCUT2D eigenvalue weighted by molar-refractivity contribution is 7.15. The summed E-state index contributed by atoms with van der Waals surface area (Å²) >= 11 is 1.77. The summed E-state index contributed by atoms with van der Waals surface area (Å²) in [6.45, 7) is 0.952. The molecule has 1 N–H and O–H groups in total. The quantitative estimate of drug-likeness (QED) is 0.916. The van der Waals surface area contributed by atoms with Gasteiger partial charge in [-0.25, -0.2) is 4.98 Å². The largest absolute Gasteiger partial charge is 0.309 e. The topological polar surface area (TPSA) is 37.8 Å². The van der Waals surface area contributed by atoms with E-state index in [1.807, 2.05) is 30.7 Å². The normalized spacial score (nSPS) is 16.2. The van der Waals surface area contributed by atoms with E-state index in [2.05, 4.69) is 15.3 Å². The van der Waals surface area contributed by atoms with E-state index in [1.54, 1.807) is 11.3 Å². The first-order chi connectivity index (χ1) is 8.92. The Bertz CT molecular complexity index is 489. The molecule has 2 aromatic rings. The zero-order chi connectivity index (χ0) is 12.2. The molecule has 1 saturated carbocycles. The zero-order valence-electron chi connectivity index (χ0n) is 10.3. The van der Waals surface area contributed by atoms with Gasteiger partial charge in [0.1, 0.15) is 5.01 Å². The Labute approximate surface area is 111 Å². The first-order valence-electron chi connectivity index (χ1n) is 6.50. The fourth-order valence-corrected chi connectivity index (χ4v) is 3.26. The lowest BCUT2D eigenvalue weighted by molar-refractivity contribution is 0.527. The lowest BCUT2D eigenvalue weighted by Gasteiger charge is -2.09. The SMILES string of the molecule is c1cc(-c2ncc(CNC3CCCC3)s2)ccn1. The van der Waals surface area contributed by atoms with E-state index in [0.29, 0.717) is 0 Å². The summed E-state index contributed by atoms with van der Waals surface area (Å²) in [6.07, 6.45) is 11.0. The Balaban J connectivity index is 1.63. The van der Waals surface area contributed by atoms with Crippen LogP contribution in [-0.4, -0.2) is 16.0 Å². The van der Waals surface area contributed by atoms with Crippen molar-refractivity contribution in [3.63, 3.8) is 0 Å². The van der Waals surface area contributed by atoms with Crippen LogP contribution >= 0.6 is 11.3 Å². The van der Waals surface area contributed by atoms with Gasteiger partial charge in [0.15, 0.2) is 0 Å². The number of aromatic nitrogens is 2. The van der Waals surface area contributed by atoms with Crippen molar-refractivity contribution in [3.8, 4) is 10.6 Å². The first kappa shape index (κ1) is 11.8. The molecular weight excluding hydrogens is 242 g/mol. The van der Waals surface area contributed by atoms with Crippen LogP contribution in [0.4, 0.5) is 0 Å². The molecule has 0 spiro atoms. The Morgan fingerprint density at radius 1 is 1.22 bits per heavy atom. The van der Waals surface area contributed by atoms with Gasteiger partial charge in [-0.1, -0.05) is 12.8 Å². The molecule has 0 saturated heterocycles. The molecule has 0 aliphatic heterocycles. The van der Waals surface area contributed by atoms with Crippen molar-refractivity contribution in [2.45, 2.75) is 38.3 Å². The summed E-state index contributed by atoms with van der Waals surface area (Å²) in [7, 11) is 0. The van der Waals surface area contributed by atoms with Gasteiger partial charge in [-0.05, 0) is 25.0 Å². The van der Waals surface area contributed by atoms with Crippen LogP contribution in [0.25, 0.3) is 10.6 Å². The van der Waals surface area contributed by atoms with Crippen LogP contribution in [0.15, 0.2) is 30.7 Å². The maximum atomic E-state index is 4.48. The van der Waals surface area contributed by atoms with Gasteiger partial charge >= 0.3 is 0 Å². The van der Waals surface area contributed by atoms with E-state index in [-0.39, 0.29) is 0 Å². The number of thiazole rings is 1. The van der Waals surface area contributed by atoms with Crippen LogP contribution in [0.1, 0.15) is 30.6 Å². The standard InChI is InChI=1S/C14H17N3S/c1-2-4-12(3-1)16-9-13-10-17-14(18-13)11-5-7-15-8-6-11/h5-8,10,12,16H,1-4,9H2. The number of hydrogen-bond acceptors (Lipinski definition) is 4. The molecule has 0 atom stereocenters. The van der Waals surface area contributed by atoms with E-state index in [0.717, 1.165) is 23.2 Å². The summed E-state index contributed by atoms with van der Waals surface area (Å²) in [5, 5.41) is 4.70. The number of pyridine rings is 1. The second-order valence-electron chi connectivity index (χ2n) is 4.73. The fraction of sp³-hybridized carbons (Fsp3) is 0.429. The van der Waals surface area contributed by atoms with Gasteiger partial charge in [-0.2, -0.15) is 0 Å². The number of rotatable bonds is 4. The lowest BCUT2D eigenvalue weighted by Crippen LogP contribution is -2.24. The van der Waals surface area contributed by atoms with E-state index < -0.39 is 0 Å². The fourth-order valence-electron chi connectivity index (χ4n) is 2.39. The Hall–Kier alpha value is -1.26. The van der Waals surface area contributed by atoms with Crippen molar-refractivity contribution in [3.05, 3.63) is 35.6 Å². The minimum Gasteiger partial charge on any atom is -0.309 e. The van der Waals surface area contributed by atoms with Crippen LogP contribution in [0, 0.1) is 0 Å². The van der Waals surface area contributed by atoms with Crippen LogP contribution in [-0.2, 0) is 6.54 Å². The highest BCUT2D eigenvalue weighted by atomic mass is 32.1. The highest BCUT2D eigenvalue weighted by Gasteiger charge is 2.14. The smallest absolute Gasteiger partial charge is 0.123 e. The number of nitrogens with zero attached hydrogens (tertiary/aromatic N) is 2. The maximum Gasteiger partial charge on any atom is 0.123 e. The van der Waals surface area contributed by atoms with Gasteiger partial charge in [0.25, 0.3) is 0 Å². The summed E-state index contributed by atoms with van der Waals surface area (Å²) in [6, 6.07) is 4.73. The average Bonchev–Trinajstić information content (AvgIpc) is 3.09. The van der Waals surface area contributed by atoms with E-state index in [1.165, 1.54) is 30.6 Å². The van der Waals surface area contributed by atoms with Crippen molar-refractivity contribution in [2.24, 2.45) is 0 Å². The molecule has 0 aromatic carbocycles. The molecule has 0 radical (unpaired) electrons.